The summed E-state index contributed by atoms with van der Waals surface area (Å²) in [6, 6.07) is 7.25. The van der Waals surface area contributed by atoms with Crippen molar-refractivity contribution < 1.29 is 33.0 Å². The van der Waals surface area contributed by atoms with Crippen LogP contribution in [0, 0.1) is 11.2 Å². The summed E-state index contributed by atoms with van der Waals surface area (Å²) >= 11 is 5.81. The van der Waals surface area contributed by atoms with Crippen molar-refractivity contribution in [2.24, 2.45) is 5.41 Å². The van der Waals surface area contributed by atoms with E-state index in [1.165, 1.54) is 31.6 Å². The van der Waals surface area contributed by atoms with Crippen LogP contribution in [0.3, 0.4) is 0 Å². The first-order valence-electron chi connectivity index (χ1n) is 17.2. The lowest BCUT2D eigenvalue weighted by Crippen LogP contribution is -2.56. The first-order valence-corrected chi connectivity index (χ1v) is 17.6. The molecule has 0 aliphatic carbocycles. The summed E-state index contributed by atoms with van der Waals surface area (Å²) in [5.41, 5.74) is 0.977. The molecule has 4 rings (SSSR count). The summed E-state index contributed by atoms with van der Waals surface area (Å²) in [5, 5.41) is 9.37. The van der Waals surface area contributed by atoms with Crippen molar-refractivity contribution >= 4 is 57.4 Å². The number of halogens is 2. The average molecular weight is 742 g/mol. The highest BCUT2D eigenvalue weighted by Crippen LogP contribution is 2.33. The Kier molecular flexibility index (Phi) is 14.7. The molecule has 2 unspecified atom stereocenters. The Morgan fingerprint density at radius 3 is 2.60 bits per heavy atom. The van der Waals surface area contributed by atoms with Gasteiger partial charge in [-0.15, -0.1) is 0 Å². The number of carbonyl (C=O) groups excluding carboxylic acids is 3. The third-order valence-corrected chi connectivity index (χ3v) is 8.87. The number of anilines is 3. The number of benzene rings is 2. The second-order valence-corrected chi connectivity index (χ2v) is 14.2. The number of fused-ring (bicyclic) bond motifs is 1. The van der Waals surface area contributed by atoms with E-state index in [1.807, 2.05) is 44.5 Å². The van der Waals surface area contributed by atoms with Gasteiger partial charge in [-0.05, 0) is 56.5 Å². The normalized spacial score (nSPS) is 15.3. The van der Waals surface area contributed by atoms with Gasteiger partial charge < -0.3 is 40.0 Å². The lowest BCUT2D eigenvalue weighted by atomic mass is 9.85. The summed E-state index contributed by atoms with van der Waals surface area (Å²) in [6.07, 6.45) is 6.49. The number of aromatic nitrogens is 2. The van der Waals surface area contributed by atoms with Crippen molar-refractivity contribution in [3.8, 4) is 5.75 Å². The number of amides is 3. The van der Waals surface area contributed by atoms with Gasteiger partial charge in [0.1, 0.15) is 36.4 Å². The molecule has 0 bridgehead atoms. The molecule has 282 valence electrons. The molecule has 15 heteroatoms. The van der Waals surface area contributed by atoms with Crippen molar-refractivity contribution in [1.82, 2.24) is 25.1 Å². The van der Waals surface area contributed by atoms with Gasteiger partial charge in [-0.1, -0.05) is 38.4 Å². The number of hydrogen-bond acceptors (Lipinski definition) is 10. The van der Waals surface area contributed by atoms with Crippen LogP contribution in [0.1, 0.15) is 40.5 Å². The molecule has 3 amide bonds. The number of rotatable bonds is 17. The Morgan fingerprint density at radius 2 is 1.90 bits per heavy atom. The molecule has 0 saturated carbocycles. The molecule has 1 aliphatic rings. The van der Waals surface area contributed by atoms with Gasteiger partial charge in [-0.3, -0.25) is 14.4 Å². The summed E-state index contributed by atoms with van der Waals surface area (Å²) in [7, 11) is 3.39. The van der Waals surface area contributed by atoms with E-state index < -0.39 is 17.3 Å². The number of carbonyl (C=O) groups is 3. The zero-order chi connectivity index (χ0) is 37.8. The minimum absolute atomic E-state index is 0.00842. The summed E-state index contributed by atoms with van der Waals surface area (Å²) < 4.78 is 30.6. The molecule has 1 fully saturated rings. The Hall–Kier alpha value is -4.37. The van der Waals surface area contributed by atoms with E-state index >= 15 is 0 Å². The Balaban J connectivity index is 1.17. The zero-order valence-corrected chi connectivity index (χ0v) is 31.4. The fourth-order valence-corrected chi connectivity index (χ4v) is 5.77. The Bertz CT molecular complexity index is 1740. The van der Waals surface area contributed by atoms with Crippen LogP contribution in [-0.4, -0.2) is 110 Å². The first kappa shape index (κ1) is 40.4. The van der Waals surface area contributed by atoms with Crippen LogP contribution in [0.15, 0.2) is 48.8 Å². The van der Waals surface area contributed by atoms with Crippen molar-refractivity contribution in [3.63, 3.8) is 0 Å². The van der Waals surface area contributed by atoms with E-state index in [0.717, 1.165) is 12.8 Å². The predicted octanol–water partition coefficient (Wildman–Crippen LogP) is 5.18. The standard InChI is InChI=1S/C37H49ClFN7O6/c1-24-9-7-14-46(24)36(49)34(37(2,3)4)44-33(48)22-52-18-17-51-16-15-45(5)13-8-10-32(47)43-30-20-26-29(21-31(30)50-6)40-23-41-35(26)42-25-11-12-27(38)28(39)19-25/h8,10-12,19-21,23-24,34H,7,9,13-18,22H2,1-6H3,(H,43,47)(H,44,48)(H,40,41,42)/b10-8+. The van der Waals surface area contributed by atoms with E-state index in [-0.39, 0.29) is 42.0 Å². The van der Waals surface area contributed by atoms with E-state index in [1.54, 1.807) is 24.3 Å². The van der Waals surface area contributed by atoms with Gasteiger partial charge in [0.25, 0.3) is 0 Å². The van der Waals surface area contributed by atoms with Gasteiger partial charge in [0.15, 0.2) is 0 Å². The van der Waals surface area contributed by atoms with Crippen LogP contribution in [0.25, 0.3) is 10.9 Å². The number of ether oxygens (including phenoxy) is 3. The third-order valence-electron chi connectivity index (χ3n) is 8.56. The maximum Gasteiger partial charge on any atom is 0.248 e. The SMILES string of the molecule is COc1cc2ncnc(Nc3ccc(Cl)c(F)c3)c2cc1NC(=O)/C=C/CN(C)CCOCCOCC(=O)NC(C(=O)N1CCCC1C)C(C)(C)C. The van der Waals surface area contributed by atoms with Crippen LogP contribution in [0.5, 0.6) is 5.75 Å². The molecule has 13 nitrogen and oxygen atoms in total. The van der Waals surface area contributed by atoms with Gasteiger partial charge in [0, 0.05) is 48.9 Å². The van der Waals surface area contributed by atoms with Crippen LogP contribution in [0.4, 0.5) is 21.6 Å². The molecule has 52 heavy (non-hydrogen) atoms. The third kappa shape index (κ3) is 11.6. The highest BCUT2D eigenvalue weighted by molar-refractivity contribution is 6.30. The number of nitrogens with one attached hydrogen (secondary N) is 3. The quantitative estimate of drug-likeness (QED) is 0.125. The number of methoxy groups -OCH3 is 1. The molecule has 1 saturated heterocycles. The Morgan fingerprint density at radius 1 is 1.13 bits per heavy atom. The highest BCUT2D eigenvalue weighted by Gasteiger charge is 2.38. The topological polar surface area (TPSA) is 147 Å². The van der Waals surface area contributed by atoms with E-state index in [4.69, 9.17) is 25.8 Å². The zero-order valence-electron chi connectivity index (χ0n) is 30.6. The fraction of sp³-hybridized carbons (Fsp3) is 0.486. The minimum atomic E-state index is -0.626. The molecule has 0 spiro atoms. The predicted molar refractivity (Wildman–Crippen MR) is 199 cm³/mol. The second-order valence-electron chi connectivity index (χ2n) is 13.8. The molecular weight excluding hydrogens is 693 g/mol. The van der Waals surface area contributed by atoms with Gasteiger partial charge in [-0.25, -0.2) is 14.4 Å². The van der Waals surface area contributed by atoms with Crippen molar-refractivity contribution in [1.29, 1.82) is 0 Å². The van der Waals surface area contributed by atoms with Gasteiger partial charge in [-0.2, -0.15) is 0 Å². The molecule has 2 heterocycles. The number of hydrogen-bond donors (Lipinski definition) is 3. The fourth-order valence-electron chi connectivity index (χ4n) is 5.65. The van der Waals surface area contributed by atoms with Crippen LogP contribution >= 0.6 is 11.6 Å². The number of likely N-dealkylation sites (N-methyl/N-ethyl adjacent to an activating group) is 1. The molecule has 0 radical (unpaired) electrons. The van der Waals surface area contributed by atoms with Gasteiger partial charge in [0.05, 0.1) is 43.2 Å². The smallest absolute Gasteiger partial charge is 0.248 e. The molecule has 2 atom stereocenters. The van der Waals surface area contributed by atoms with Crippen molar-refractivity contribution in [2.45, 2.75) is 52.6 Å². The van der Waals surface area contributed by atoms with E-state index in [9.17, 15) is 18.8 Å². The van der Waals surface area contributed by atoms with Crippen molar-refractivity contribution in [2.75, 3.05) is 70.9 Å². The monoisotopic (exact) mass is 741 g/mol. The molecular formula is C37H49ClFN7O6. The van der Waals surface area contributed by atoms with E-state index in [2.05, 4.69) is 25.9 Å². The van der Waals surface area contributed by atoms with Gasteiger partial charge >= 0.3 is 0 Å². The maximum absolute atomic E-state index is 14.0. The second kappa shape index (κ2) is 18.9. The summed E-state index contributed by atoms with van der Waals surface area (Å²) in [5.74, 6) is -0.498. The van der Waals surface area contributed by atoms with Crippen LogP contribution in [-0.2, 0) is 23.9 Å². The number of likely N-dealkylation sites (tertiary alicyclic amines) is 1. The van der Waals surface area contributed by atoms with Gasteiger partial charge in [0.2, 0.25) is 17.7 Å². The Labute approximate surface area is 309 Å². The summed E-state index contributed by atoms with van der Waals surface area (Å²) in [4.78, 5) is 51.0. The lowest BCUT2D eigenvalue weighted by Gasteiger charge is -2.35. The largest absolute Gasteiger partial charge is 0.494 e. The van der Waals surface area contributed by atoms with Crippen LogP contribution < -0.4 is 20.7 Å². The highest BCUT2D eigenvalue weighted by atomic mass is 35.5. The lowest BCUT2D eigenvalue weighted by molar-refractivity contribution is -0.141. The minimum Gasteiger partial charge on any atom is -0.494 e. The molecule has 3 N–H and O–H groups in total. The molecule has 1 aliphatic heterocycles. The molecule has 2 aromatic carbocycles. The molecule has 3 aromatic rings. The maximum atomic E-state index is 14.0. The average Bonchev–Trinajstić information content (AvgIpc) is 3.53. The van der Waals surface area contributed by atoms with Crippen molar-refractivity contribution in [3.05, 3.63) is 59.7 Å². The molecule has 1 aromatic heterocycles. The number of nitrogens with zero attached hydrogens (tertiary/aromatic N) is 4. The van der Waals surface area contributed by atoms with Crippen LogP contribution in [0.2, 0.25) is 5.02 Å². The van der Waals surface area contributed by atoms with E-state index in [0.29, 0.717) is 66.7 Å². The first-order chi connectivity index (χ1) is 24.8. The summed E-state index contributed by atoms with van der Waals surface area (Å²) in [6.45, 7) is 10.5.